The molecule has 0 bridgehead atoms. The lowest BCUT2D eigenvalue weighted by atomic mass is 9.97. The Morgan fingerprint density at radius 3 is 2.21 bits per heavy atom. The molecule has 4 rings (SSSR count). The predicted molar refractivity (Wildman–Crippen MR) is 130 cm³/mol. The molecule has 2 heterocycles. The molecule has 1 N–H and O–H groups in total. The zero-order valence-corrected chi connectivity index (χ0v) is 20.3. The molecular formula is C24H29N3O4S2. The largest absolute Gasteiger partial charge is 0.339 e. The van der Waals surface area contributed by atoms with Crippen LogP contribution >= 0.6 is 11.8 Å². The summed E-state index contributed by atoms with van der Waals surface area (Å²) in [5.74, 6) is -0.528. The van der Waals surface area contributed by atoms with Crippen molar-refractivity contribution >= 4 is 39.3 Å². The van der Waals surface area contributed by atoms with Crippen LogP contribution in [0.4, 0.5) is 5.69 Å². The Morgan fingerprint density at radius 1 is 0.939 bits per heavy atom. The minimum atomic E-state index is -3.58. The number of anilines is 1. The van der Waals surface area contributed by atoms with Crippen molar-refractivity contribution in [1.82, 2.24) is 9.21 Å². The second kappa shape index (κ2) is 10.3. The molecule has 2 fully saturated rings. The Hall–Kier alpha value is -2.36. The van der Waals surface area contributed by atoms with E-state index in [2.05, 4.69) is 5.32 Å². The average Bonchev–Trinajstić information content (AvgIpc) is 3.39. The van der Waals surface area contributed by atoms with Crippen molar-refractivity contribution in [2.45, 2.75) is 35.5 Å². The fraction of sp³-hybridized carbons (Fsp3) is 0.417. The zero-order chi connectivity index (χ0) is 23.4. The SMILES string of the molecule is CSc1ccc(S(=O)(=O)N2CCC(C(=O)Nc3ccccc3C(=O)N3CCCC3)CC2)cc1. The Balaban J connectivity index is 1.38. The quantitative estimate of drug-likeness (QED) is 0.628. The fourth-order valence-corrected chi connectivity index (χ4v) is 6.24. The third-order valence-corrected chi connectivity index (χ3v) is 8.99. The number of hydrogen-bond donors (Lipinski definition) is 1. The van der Waals surface area contributed by atoms with Crippen molar-refractivity contribution < 1.29 is 18.0 Å². The van der Waals surface area contributed by atoms with Crippen molar-refractivity contribution in [3.8, 4) is 0 Å². The molecule has 2 aliphatic rings. The van der Waals surface area contributed by atoms with E-state index >= 15 is 0 Å². The molecule has 0 aromatic heterocycles. The summed E-state index contributed by atoms with van der Waals surface area (Å²) in [5.41, 5.74) is 1.02. The molecule has 2 aliphatic heterocycles. The number of hydrogen-bond acceptors (Lipinski definition) is 5. The van der Waals surface area contributed by atoms with Crippen molar-refractivity contribution in [3.05, 3.63) is 54.1 Å². The van der Waals surface area contributed by atoms with E-state index in [0.717, 1.165) is 30.8 Å². The van der Waals surface area contributed by atoms with Crippen LogP contribution in [-0.4, -0.2) is 61.9 Å². The first-order chi connectivity index (χ1) is 15.9. The maximum Gasteiger partial charge on any atom is 0.255 e. The van der Waals surface area contributed by atoms with Crippen molar-refractivity contribution in [3.63, 3.8) is 0 Å². The number of likely N-dealkylation sites (tertiary alicyclic amines) is 1. The van der Waals surface area contributed by atoms with Crippen molar-refractivity contribution in [2.24, 2.45) is 5.92 Å². The van der Waals surface area contributed by atoms with Gasteiger partial charge in [0.25, 0.3) is 5.91 Å². The predicted octanol–water partition coefficient (Wildman–Crippen LogP) is 3.68. The number of para-hydroxylation sites is 1. The molecule has 2 aromatic carbocycles. The molecule has 2 aromatic rings. The number of piperidine rings is 1. The van der Waals surface area contributed by atoms with Crippen LogP contribution in [0.1, 0.15) is 36.0 Å². The summed E-state index contributed by atoms with van der Waals surface area (Å²) in [6.45, 7) is 2.07. The van der Waals surface area contributed by atoms with E-state index in [1.54, 1.807) is 60.3 Å². The molecule has 0 radical (unpaired) electrons. The third kappa shape index (κ3) is 5.26. The highest BCUT2D eigenvalue weighted by molar-refractivity contribution is 7.98. The van der Waals surface area contributed by atoms with Crippen LogP contribution in [0, 0.1) is 5.92 Å². The molecular weight excluding hydrogens is 458 g/mol. The van der Waals surface area contributed by atoms with Gasteiger partial charge in [0.2, 0.25) is 15.9 Å². The molecule has 2 amide bonds. The van der Waals surface area contributed by atoms with Gasteiger partial charge >= 0.3 is 0 Å². The third-order valence-electron chi connectivity index (χ3n) is 6.33. The number of sulfonamides is 1. The summed E-state index contributed by atoms with van der Waals surface area (Å²) in [6, 6.07) is 14.0. The van der Waals surface area contributed by atoms with Crippen molar-refractivity contribution in [2.75, 3.05) is 37.8 Å². The topological polar surface area (TPSA) is 86.8 Å². The number of amides is 2. The fourth-order valence-electron chi connectivity index (χ4n) is 4.36. The first kappa shape index (κ1) is 23.8. The van der Waals surface area contributed by atoms with E-state index in [4.69, 9.17) is 0 Å². The second-order valence-electron chi connectivity index (χ2n) is 8.39. The zero-order valence-electron chi connectivity index (χ0n) is 18.7. The lowest BCUT2D eigenvalue weighted by Crippen LogP contribution is -2.41. The summed E-state index contributed by atoms with van der Waals surface area (Å²) in [7, 11) is -3.58. The molecule has 0 unspecified atom stereocenters. The number of thioether (sulfide) groups is 1. The molecule has 0 aliphatic carbocycles. The van der Waals surface area contributed by atoms with Crippen LogP contribution in [-0.2, 0) is 14.8 Å². The van der Waals surface area contributed by atoms with Gasteiger partial charge in [0.1, 0.15) is 0 Å². The lowest BCUT2D eigenvalue weighted by molar-refractivity contribution is -0.120. The highest BCUT2D eigenvalue weighted by Gasteiger charge is 2.32. The number of benzene rings is 2. The van der Waals surface area contributed by atoms with E-state index in [-0.39, 0.29) is 22.6 Å². The van der Waals surface area contributed by atoms with Gasteiger partial charge in [0, 0.05) is 37.0 Å². The van der Waals surface area contributed by atoms with Crippen molar-refractivity contribution in [1.29, 1.82) is 0 Å². The minimum absolute atomic E-state index is 0.0585. The highest BCUT2D eigenvalue weighted by atomic mass is 32.2. The minimum Gasteiger partial charge on any atom is -0.339 e. The van der Waals surface area contributed by atoms with Gasteiger partial charge in [-0.3, -0.25) is 9.59 Å². The number of nitrogens with zero attached hydrogens (tertiary/aromatic N) is 2. The Kier molecular flexibility index (Phi) is 7.41. The molecule has 7 nitrogen and oxygen atoms in total. The van der Waals surface area contributed by atoms with Crippen LogP contribution in [0.2, 0.25) is 0 Å². The summed E-state index contributed by atoms with van der Waals surface area (Å²) in [6.07, 6.45) is 4.83. The molecule has 2 saturated heterocycles. The monoisotopic (exact) mass is 487 g/mol. The summed E-state index contributed by atoms with van der Waals surface area (Å²) in [4.78, 5) is 28.9. The lowest BCUT2D eigenvalue weighted by Gasteiger charge is -2.30. The summed E-state index contributed by atoms with van der Waals surface area (Å²) in [5, 5.41) is 2.93. The highest BCUT2D eigenvalue weighted by Crippen LogP contribution is 2.27. The molecule has 176 valence electrons. The first-order valence-corrected chi connectivity index (χ1v) is 13.9. The normalized spacial score (nSPS) is 17.8. The van der Waals surface area contributed by atoms with E-state index in [1.165, 1.54) is 4.31 Å². The Labute approximate surface area is 199 Å². The van der Waals surface area contributed by atoms with Crippen LogP contribution in [0.25, 0.3) is 0 Å². The standard InChI is InChI=1S/C24H29N3O4S2/c1-32-19-8-10-20(11-9-19)33(30,31)27-16-12-18(13-17-27)23(28)25-22-7-3-2-6-21(22)24(29)26-14-4-5-15-26/h2-3,6-11,18H,4-5,12-17H2,1H3,(H,25,28). The van der Waals surface area contributed by atoms with Gasteiger partial charge in [-0.05, 0) is 68.3 Å². The van der Waals surface area contributed by atoms with Gasteiger partial charge < -0.3 is 10.2 Å². The molecule has 0 atom stereocenters. The molecule has 9 heteroatoms. The summed E-state index contributed by atoms with van der Waals surface area (Å²) >= 11 is 1.56. The molecule has 0 saturated carbocycles. The van der Waals surface area contributed by atoms with Gasteiger partial charge in [-0.25, -0.2) is 8.42 Å². The smallest absolute Gasteiger partial charge is 0.255 e. The Bertz CT molecular complexity index is 1100. The number of carbonyl (C=O) groups excluding carboxylic acids is 2. The molecule has 33 heavy (non-hydrogen) atoms. The summed E-state index contributed by atoms with van der Waals surface area (Å²) < 4.78 is 27.4. The van der Waals surface area contributed by atoms with Crippen LogP contribution < -0.4 is 5.32 Å². The van der Waals surface area contributed by atoms with Gasteiger partial charge in [-0.15, -0.1) is 11.8 Å². The van der Waals surface area contributed by atoms with E-state index < -0.39 is 10.0 Å². The van der Waals surface area contributed by atoms with Crippen LogP contribution in [0.5, 0.6) is 0 Å². The van der Waals surface area contributed by atoms with Gasteiger partial charge in [-0.1, -0.05) is 12.1 Å². The van der Waals surface area contributed by atoms with Crippen LogP contribution in [0.3, 0.4) is 0 Å². The van der Waals surface area contributed by atoms with E-state index in [0.29, 0.717) is 37.2 Å². The average molecular weight is 488 g/mol. The second-order valence-corrected chi connectivity index (χ2v) is 11.2. The maximum atomic E-state index is 13.0. The van der Waals surface area contributed by atoms with Gasteiger partial charge in [0.15, 0.2) is 0 Å². The molecule has 0 spiro atoms. The van der Waals surface area contributed by atoms with Crippen LogP contribution in [0.15, 0.2) is 58.3 Å². The number of carbonyl (C=O) groups is 2. The van der Waals surface area contributed by atoms with Gasteiger partial charge in [-0.2, -0.15) is 4.31 Å². The first-order valence-electron chi connectivity index (χ1n) is 11.2. The maximum absolute atomic E-state index is 13.0. The Morgan fingerprint density at radius 2 is 1.58 bits per heavy atom. The van der Waals surface area contributed by atoms with E-state index in [9.17, 15) is 18.0 Å². The number of nitrogens with one attached hydrogen (secondary N) is 1. The van der Waals surface area contributed by atoms with E-state index in [1.807, 2.05) is 11.2 Å². The number of rotatable bonds is 6. The van der Waals surface area contributed by atoms with Gasteiger partial charge in [0.05, 0.1) is 16.1 Å².